The Morgan fingerprint density at radius 2 is 1.48 bits per heavy atom. The number of carbonyl (C=O) groups excluding carboxylic acids is 1. The molecule has 2 aromatic rings. The first-order valence-electron chi connectivity index (χ1n) is 10.9. The lowest BCUT2D eigenvalue weighted by atomic mass is 10.0. The number of nitrogens with zero attached hydrogens (tertiary/aromatic N) is 1. The highest BCUT2D eigenvalue weighted by Crippen LogP contribution is 2.62. The number of ether oxygens (including phenoxy) is 2. The van der Waals surface area contributed by atoms with Crippen molar-refractivity contribution in [3.8, 4) is 0 Å². The molecule has 0 aromatic heterocycles. The van der Waals surface area contributed by atoms with E-state index >= 15 is 0 Å². The third kappa shape index (κ3) is 5.13. The molecule has 0 atom stereocenters. The third-order valence-electron chi connectivity index (χ3n) is 5.82. The molecular formula is C25H28NO5PS. The summed E-state index contributed by atoms with van der Waals surface area (Å²) in [6, 6.07) is 18.8. The predicted molar refractivity (Wildman–Crippen MR) is 132 cm³/mol. The van der Waals surface area contributed by atoms with Crippen molar-refractivity contribution < 1.29 is 23.3 Å². The molecular weight excluding hydrogens is 457 g/mol. The summed E-state index contributed by atoms with van der Waals surface area (Å²) in [5, 5.41) is 0.976. The third-order valence-corrected chi connectivity index (χ3v) is 9.44. The molecule has 33 heavy (non-hydrogen) atoms. The number of allylic oxidation sites excluding steroid dienone is 2. The first-order chi connectivity index (χ1) is 16.1. The summed E-state index contributed by atoms with van der Waals surface area (Å²) < 4.78 is 23.2. The molecule has 6 nitrogen and oxygen atoms in total. The maximum Gasteiger partial charge on any atom is 0.343 e. The van der Waals surface area contributed by atoms with Gasteiger partial charge in [-0.15, -0.1) is 0 Å². The molecule has 2 aliphatic rings. The number of benzene rings is 2. The van der Waals surface area contributed by atoms with Crippen molar-refractivity contribution in [2.45, 2.75) is 12.8 Å². The lowest BCUT2D eigenvalue weighted by molar-refractivity contribution is 0.0543. The van der Waals surface area contributed by atoms with Crippen LogP contribution < -0.4 is 0 Å². The highest BCUT2D eigenvalue weighted by molar-refractivity contribution is 8.11. The second kappa shape index (κ2) is 10.8. The zero-order chi connectivity index (χ0) is 23.3. The molecule has 1 aliphatic heterocycles. The highest BCUT2D eigenvalue weighted by atomic mass is 32.5. The van der Waals surface area contributed by atoms with Crippen LogP contribution in [0.4, 0.5) is 0 Å². The second-order valence-electron chi connectivity index (χ2n) is 7.69. The fourth-order valence-electron chi connectivity index (χ4n) is 4.21. The number of hydrogen-bond acceptors (Lipinski definition) is 7. The zero-order valence-electron chi connectivity index (χ0n) is 18.9. The van der Waals surface area contributed by atoms with Crippen molar-refractivity contribution in [3.05, 3.63) is 88.4 Å². The first kappa shape index (κ1) is 23.9. The number of morpholine rings is 1. The lowest BCUT2D eigenvalue weighted by Crippen LogP contribution is -2.36. The van der Waals surface area contributed by atoms with E-state index in [4.69, 9.17) is 30.3 Å². The molecule has 1 aliphatic carbocycles. The summed E-state index contributed by atoms with van der Waals surface area (Å²) >= 11 is 5.85. The smallest absolute Gasteiger partial charge is 0.343 e. The van der Waals surface area contributed by atoms with E-state index in [9.17, 15) is 4.79 Å². The SMILES string of the molecule is COP(=S)(OC)C1=C(N2CCOCC2)C(=C(OC(=O)c2ccccc2)c2ccccc2)CC1. The van der Waals surface area contributed by atoms with Crippen molar-refractivity contribution >= 4 is 30.0 Å². The number of carbonyl (C=O) groups is 1. The van der Waals surface area contributed by atoms with Crippen LogP contribution in [0.1, 0.15) is 28.8 Å². The van der Waals surface area contributed by atoms with E-state index in [-0.39, 0.29) is 0 Å². The van der Waals surface area contributed by atoms with Crippen LogP contribution in [0.3, 0.4) is 0 Å². The summed E-state index contributed by atoms with van der Waals surface area (Å²) in [4.78, 5) is 15.4. The van der Waals surface area contributed by atoms with Gasteiger partial charge in [-0.25, -0.2) is 4.79 Å². The van der Waals surface area contributed by atoms with E-state index in [0.717, 1.165) is 35.2 Å². The fourth-order valence-corrected chi connectivity index (χ4v) is 6.25. The van der Waals surface area contributed by atoms with Crippen molar-refractivity contribution in [3.63, 3.8) is 0 Å². The monoisotopic (exact) mass is 485 g/mol. The molecule has 1 heterocycles. The van der Waals surface area contributed by atoms with Crippen LogP contribution in [-0.4, -0.2) is 51.4 Å². The Labute approximate surface area is 200 Å². The Kier molecular flexibility index (Phi) is 7.78. The van der Waals surface area contributed by atoms with Crippen molar-refractivity contribution in [2.24, 2.45) is 0 Å². The van der Waals surface area contributed by atoms with Crippen molar-refractivity contribution in [1.82, 2.24) is 4.90 Å². The summed E-state index contributed by atoms with van der Waals surface area (Å²) in [6.45, 7) is 0.0322. The lowest BCUT2D eigenvalue weighted by Gasteiger charge is -2.33. The fraction of sp³-hybridized carbons (Fsp3) is 0.320. The van der Waals surface area contributed by atoms with E-state index in [1.807, 2.05) is 48.5 Å². The topological polar surface area (TPSA) is 57.2 Å². The van der Waals surface area contributed by atoms with Gasteiger partial charge in [0.15, 0.2) is 0 Å². The van der Waals surface area contributed by atoms with Crippen LogP contribution in [0.15, 0.2) is 77.2 Å². The normalized spacial score (nSPS) is 18.4. The van der Waals surface area contributed by atoms with Gasteiger partial charge in [0.2, 0.25) is 6.49 Å². The molecule has 0 saturated carbocycles. The van der Waals surface area contributed by atoms with Gasteiger partial charge in [0, 0.05) is 43.8 Å². The van der Waals surface area contributed by atoms with Gasteiger partial charge in [-0.2, -0.15) is 0 Å². The van der Waals surface area contributed by atoms with E-state index in [2.05, 4.69) is 4.90 Å². The Hall–Kier alpha value is -2.28. The summed E-state index contributed by atoms with van der Waals surface area (Å²) in [6.07, 6.45) is 1.37. The molecule has 174 valence electrons. The molecule has 8 heteroatoms. The Morgan fingerprint density at radius 1 is 0.909 bits per heavy atom. The molecule has 0 N–H and O–H groups in total. The van der Waals surface area contributed by atoms with Crippen LogP contribution in [0.2, 0.25) is 0 Å². The van der Waals surface area contributed by atoms with Gasteiger partial charge in [0.05, 0.1) is 24.5 Å². The summed E-state index contributed by atoms with van der Waals surface area (Å²) in [5.41, 5.74) is 3.27. The molecule has 1 fully saturated rings. The van der Waals surface area contributed by atoms with E-state index in [1.165, 1.54) is 0 Å². The number of rotatable bonds is 7. The van der Waals surface area contributed by atoms with Crippen LogP contribution in [0.5, 0.6) is 0 Å². The van der Waals surface area contributed by atoms with Crippen molar-refractivity contribution in [1.29, 1.82) is 0 Å². The largest absolute Gasteiger partial charge is 0.422 e. The molecule has 1 saturated heterocycles. The van der Waals surface area contributed by atoms with E-state index in [1.54, 1.807) is 26.4 Å². The maximum atomic E-state index is 13.1. The van der Waals surface area contributed by atoms with Gasteiger partial charge in [0.1, 0.15) is 5.76 Å². The summed E-state index contributed by atoms with van der Waals surface area (Å²) in [7, 11) is 3.20. The van der Waals surface area contributed by atoms with E-state index in [0.29, 0.717) is 37.4 Å². The molecule has 0 spiro atoms. The van der Waals surface area contributed by atoms with E-state index < -0.39 is 12.5 Å². The minimum atomic E-state index is -2.66. The molecule has 2 aromatic carbocycles. The quantitative estimate of drug-likeness (QED) is 0.304. The molecule has 0 bridgehead atoms. The van der Waals surface area contributed by atoms with Gasteiger partial charge in [-0.3, -0.25) is 0 Å². The molecule has 0 radical (unpaired) electrons. The van der Waals surface area contributed by atoms with Crippen LogP contribution in [-0.2, 0) is 30.3 Å². The minimum absolute atomic E-state index is 0.394. The van der Waals surface area contributed by atoms with Gasteiger partial charge in [-0.05, 0) is 36.8 Å². The van der Waals surface area contributed by atoms with Gasteiger partial charge < -0.3 is 23.4 Å². The minimum Gasteiger partial charge on any atom is -0.422 e. The predicted octanol–water partition coefficient (Wildman–Crippen LogP) is 5.19. The van der Waals surface area contributed by atoms with Crippen molar-refractivity contribution in [2.75, 3.05) is 40.5 Å². The Morgan fingerprint density at radius 3 is 2.06 bits per heavy atom. The van der Waals surface area contributed by atoms with Crippen LogP contribution in [0, 0.1) is 0 Å². The molecule has 0 unspecified atom stereocenters. The average molecular weight is 486 g/mol. The average Bonchev–Trinajstić information content (AvgIpc) is 3.33. The Bertz CT molecular complexity index is 1090. The van der Waals surface area contributed by atoms with Gasteiger partial charge in [-0.1, -0.05) is 48.5 Å². The van der Waals surface area contributed by atoms with Crippen LogP contribution >= 0.6 is 6.49 Å². The van der Waals surface area contributed by atoms with Crippen LogP contribution in [0.25, 0.3) is 5.76 Å². The molecule has 0 amide bonds. The standard InChI is InChI=1S/C25H28NO5PS/c1-28-32(33,29-2)22-14-13-21(23(22)26-15-17-30-18-16-26)24(19-9-5-3-6-10-19)31-25(27)20-11-7-4-8-12-20/h3-12H,13-18H2,1-2H3. The van der Waals surface area contributed by atoms with Gasteiger partial charge in [0.25, 0.3) is 0 Å². The summed E-state index contributed by atoms with van der Waals surface area (Å²) in [5.74, 6) is 0.157. The highest BCUT2D eigenvalue weighted by Gasteiger charge is 2.37. The number of hydrogen-bond donors (Lipinski definition) is 0. The Balaban J connectivity index is 1.87. The maximum absolute atomic E-state index is 13.1. The van der Waals surface area contributed by atoms with Gasteiger partial charge >= 0.3 is 5.97 Å². The molecule has 4 rings (SSSR count). The zero-order valence-corrected chi connectivity index (χ0v) is 20.6. The number of esters is 1. The second-order valence-corrected chi connectivity index (χ2v) is 11.4. The first-order valence-corrected chi connectivity index (χ1v) is 13.6.